The Bertz CT molecular complexity index is 730. The number of thiazole rings is 1. The third-order valence-corrected chi connectivity index (χ3v) is 4.07. The highest BCUT2D eigenvalue weighted by atomic mass is 32.1. The number of aryl methyl sites for hydroxylation is 2. The van der Waals surface area contributed by atoms with Gasteiger partial charge >= 0.3 is 0 Å². The first-order valence-corrected chi connectivity index (χ1v) is 6.74. The van der Waals surface area contributed by atoms with Crippen LogP contribution in [0.2, 0.25) is 0 Å². The smallest absolute Gasteiger partial charge is 0.124 e. The van der Waals surface area contributed by atoms with Gasteiger partial charge in [-0.3, -0.25) is 5.10 Å². The van der Waals surface area contributed by atoms with Crippen molar-refractivity contribution < 1.29 is 5.11 Å². The lowest BCUT2D eigenvalue weighted by Crippen LogP contribution is -1.83. The summed E-state index contributed by atoms with van der Waals surface area (Å²) in [6.07, 6.45) is 1.78. The van der Waals surface area contributed by atoms with Gasteiger partial charge in [0.25, 0.3) is 0 Å². The van der Waals surface area contributed by atoms with E-state index in [1.54, 1.807) is 29.7 Å². The molecule has 19 heavy (non-hydrogen) atoms. The lowest BCUT2D eigenvalue weighted by Gasteiger charge is -2.04. The van der Waals surface area contributed by atoms with Crippen LogP contribution in [0.1, 0.15) is 10.7 Å². The van der Waals surface area contributed by atoms with Crippen LogP contribution in [0.15, 0.2) is 30.5 Å². The van der Waals surface area contributed by atoms with Crippen LogP contribution in [0.3, 0.4) is 0 Å². The number of H-pyrrole nitrogens is 1. The lowest BCUT2D eigenvalue weighted by atomic mass is 10.1. The monoisotopic (exact) mass is 271 g/mol. The number of benzene rings is 1. The molecular formula is C14H13N3OS. The van der Waals surface area contributed by atoms with E-state index in [2.05, 4.69) is 15.2 Å². The number of aromatic nitrogens is 3. The molecule has 3 aromatic rings. The highest BCUT2D eigenvalue weighted by Gasteiger charge is 2.16. The molecule has 0 saturated carbocycles. The fourth-order valence-corrected chi connectivity index (χ4v) is 3.07. The minimum Gasteiger partial charge on any atom is -0.507 e. The van der Waals surface area contributed by atoms with E-state index >= 15 is 0 Å². The number of para-hydroxylation sites is 1. The first-order chi connectivity index (χ1) is 9.16. The van der Waals surface area contributed by atoms with Crippen molar-refractivity contribution in [2.24, 2.45) is 0 Å². The van der Waals surface area contributed by atoms with Crippen LogP contribution >= 0.6 is 11.3 Å². The fraction of sp³-hybridized carbons (Fsp3) is 0.143. The van der Waals surface area contributed by atoms with Gasteiger partial charge in [0.05, 0.1) is 27.5 Å². The third kappa shape index (κ3) is 2.02. The van der Waals surface area contributed by atoms with Crippen molar-refractivity contribution in [1.29, 1.82) is 0 Å². The van der Waals surface area contributed by atoms with Crippen LogP contribution < -0.4 is 0 Å². The molecule has 0 saturated heterocycles. The summed E-state index contributed by atoms with van der Waals surface area (Å²) < 4.78 is 0. The van der Waals surface area contributed by atoms with Crippen LogP contribution in [0.25, 0.3) is 21.7 Å². The molecule has 0 spiro atoms. The second-order valence-corrected chi connectivity index (χ2v) is 5.53. The number of nitrogens with one attached hydrogen (secondary N) is 1. The number of rotatable bonds is 2. The molecule has 0 unspecified atom stereocenters. The van der Waals surface area contributed by atoms with Gasteiger partial charge in [-0.1, -0.05) is 12.1 Å². The standard InChI is InChI=1S/C14H13N3OS/c1-8-14(19-9(2)16-8)11-7-15-17-13(11)10-5-3-4-6-12(10)18/h3-7,18H,1-2H3,(H,15,17). The molecule has 2 N–H and O–H groups in total. The van der Waals surface area contributed by atoms with E-state index in [-0.39, 0.29) is 5.75 Å². The Balaban J connectivity index is 2.19. The summed E-state index contributed by atoms with van der Waals surface area (Å²) in [7, 11) is 0. The van der Waals surface area contributed by atoms with Crippen molar-refractivity contribution >= 4 is 11.3 Å². The van der Waals surface area contributed by atoms with Gasteiger partial charge in [0.1, 0.15) is 5.75 Å². The Morgan fingerprint density at radius 3 is 2.63 bits per heavy atom. The zero-order valence-electron chi connectivity index (χ0n) is 10.6. The first kappa shape index (κ1) is 11.9. The van der Waals surface area contributed by atoms with Crippen molar-refractivity contribution in [3.05, 3.63) is 41.2 Å². The van der Waals surface area contributed by atoms with Crippen molar-refractivity contribution in [2.75, 3.05) is 0 Å². The van der Waals surface area contributed by atoms with Crippen molar-refractivity contribution in [2.45, 2.75) is 13.8 Å². The molecule has 0 fully saturated rings. The minimum atomic E-state index is 0.242. The molecule has 2 heterocycles. The fourth-order valence-electron chi connectivity index (χ4n) is 2.13. The predicted molar refractivity (Wildman–Crippen MR) is 76.3 cm³/mol. The maximum absolute atomic E-state index is 9.97. The van der Waals surface area contributed by atoms with E-state index in [4.69, 9.17) is 0 Å². The van der Waals surface area contributed by atoms with Crippen LogP contribution in [0, 0.1) is 13.8 Å². The first-order valence-electron chi connectivity index (χ1n) is 5.93. The number of nitrogens with zero attached hydrogens (tertiary/aromatic N) is 2. The van der Waals surface area contributed by atoms with Gasteiger partial charge in [0, 0.05) is 11.1 Å². The Kier molecular flexibility index (Phi) is 2.83. The highest BCUT2D eigenvalue weighted by molar-refractivity contribution is 7.15. The van der Waals surface area contributed by atoms with E-state index < -0.39 is 0 Å². The van der Waals surface area contributed by atoms with Crippen molar-refractivity contribution in [3.8, 4) is 27.4 Å². The average molecular weight is 271 g/mol. The number of aromatic hydroxyl groups is 1. The summed E-state index contributed by atoms with van der Waals surface area (Å²) in [4.78, 5) is 5.53. The highest BCUT2D eigenvalue weighted by Crippen LogP contribution is 2.38. The quantitative estimate of drug-likeness (QED) is 0.749. The maximum atomic E-state index is 9.97. The third-order valence-electron chi connectivity index (χ3n) is 2.96. The summed E-state index contributed by atoms with van der Waals surface area (Å²) in [5, 5.41) is 18.1. The van der Waals surface area contributed by atoms with E-state index in [1.807, 2.05) is 26.0 Å². The second-order valence-electron chi connectivity index (χ2n) is 4.32. The van der Waals surface area contributed by atoms with E-state index in [1.165, 1.54) is 0 Å². The molecule has 0 atom stereocenters. The molecule has 5 heteroatoms. The molecule has 0 amide bonds. The molecule has 96 valence electrons. The SMILES string of the molecule is Cc1nc(C)c(-c2cn[nH]c2-c2ccccc2O)s1. The number of phenols is 1. The van der Waals surface area contributed by atoms with Crippen LogP contribution in [0.5, 0.6) is 5.75 Å². The van der Waals surface area contributed by atoms with Crippen LogP contribution in [-0.2, 0) is 0 Å². The van der Waals surface area contributed by atoms with Gasteiger partial charge in [0.2, 0.25) is 0 Å². The zero-order chi connectivity index (χ0) is 13.4. The molecule has 0 bridgehead atoms. The zero-order valence-corrected chi connectivity index (χ0v) is 11.5. The Morgan fingerprint density at radius 2 is 1.95 bits per heavy atom. The van der Waals surface area contributed by atoms with Gasteiger partial charge < -0.3 is 5.11 Å². The van der Waals surface area contributed by atoms with Gasteiger partial charge in [-0.25, -0.2) is 4.98 Å². The molecule has 0 aliphatic heterocycles. The van der Waals surface area contributed by atoms with Crippen molar-refractivity contribution in [3.63, 3.8) is 0 Å². The second kappa shape index (κ2) is 4.51. The van der Waals surface area contributed by atoms with Gasteiger partial charge in [-0.05, 0) is 26.0 Å². The van der Waals surface area contributed by atoms with E-state index in [0.29, 0.717) is 0 Å². The molecule has 1 aromatic carbocycles. The largest absolute Gasteiger partial charge is 0.507 e. The van der Waals surface area contributed by atoms with Gasteiger partial charge in [-0.15, -0.1) is 11.3 Å². The summed E-state index contributed by atoms with van der Waals surface area (Å²) in [6.45, 7) is 3.97. The summed E-state index contributed by atoms with van der Waals surface area (Å²) in [6, 6.07) is 7.24. The molecule has 0 aliphatic rings. The molecular weight excluding hydrogens is 258 g/mol. The molecule has 0 radical (unpaired) electrons. The predicted octanol–water partition coefficient (Wildman–Crippen LogP) is 3.52. The average Bonchev–Trinajstić information content (AvgIpc) is 2.96. The number of hydrogen-bond donors (Lipinski definition) is 2. The van der Waals surface area contributed by atoms with Crippen molar-refractivity contribution in [1.82, 2.24) is 15.2 Å². The summed E-state index contributed by atoms with van der Waals surface area (Å²) in [5.74, 6) is 0.242. The topological polar surface area (TPSA) is 61.8 Å². The Hall–Kier alpha value is -2.14. The number of phenolic OH excluding ortho intramolecular Hbond substituents is 1. The Labute approximate surface area is 114 Å². The van der Waals surface area contributed by atoms with Crippen LogP contribution in [0.4, 0.5) is 0 Å². The number of hydrogen-bond acceptors (Lipinski definition) is 4. The maximum Gasteiger partial charge on any atom is 0.124 e. The van der Waals surface area contributed by atoms with E-state index in [0.717, 1.165) is 32.4 Å². The summed E-state index contributed by atoms with van der Waals surface area (Å²) in [5.41, 5.74) is 3.54. The molecule has 4 nitrogen and oxygen atoms in total. The minimum absolute atomic E-state index is 0.242. The summed E-state index contributed by atoms with van der Waals surface area (Å²) >= 11 is 1.63. The molecule has 3 rings (SSSR count). The lowest BCUT2D eigenvalue weighted by molar-refractivity contribution is 0.477. The normalized spacial score (nSPS) is 10.8. The van der Waals surface area contributed by atoms with Gasteiger partial charge in [-0.2, -0.15) is 5.10 Å². The number of aromatic amines is 1. The van der Waals surface area contributed by atoms with Gasteiger partial charge in [0.15, 0.2) is 0 Å². The molecule has 2 aromatic heterocycles. The van der Waals surface area contributed by atoms with Crippen LogP contribution in [-0.4, -0.2) is 20.3 Å². The van der Waals surface area contributed by atoms with E-state index in [9.17, 15) is 5.11 Å². The Morgan fingerprint density at radius 1 is 1.16 bits per heavy atom. The molecule has 0 aliphatic carbocycles.